The summed E-state index contributed by atoms with van der Waals surface area (Å²) in [4.78, 5) is 8.37. The van der Waals surface area contributed by atoms with E-state index in [0.29, 0.717) is 16.8 Å². The fraction of sp³-hybridized carbons (Fsp3) is 0.333. The maximum atomic E-state index is 5.83. The fourth-order valence-electron chi connectivity index (χ4n) is 1.21. The summed E-state index contributed by atoms with van der Waals surface area (Å²) in [5, 5.41) is 1.26. The number of hydrogen-bond acceptors (Lipinski definition) is 6. The highest BCUT2D eigenvalue weighted by molar-refractivity contribution is 7.99. The van der Waals surface area contributed by atoms with Crippen molar-refractivity contribution in [2.24, 2.45) is 0 Å². The minimum atomic E-state index is -0.340. The Balaban J connectivity index is 2.21. The predicted octanol–water partition coefficient (Wildman–Crippen LogP) is 2.98. The lowest BCUT2D eigenvalue weighted by molar-refractivity contribution is 0.124. The van der Waals surface area contributed by atoms with Gasteiger partial charge in [0.15, 0.2) is 0 Å². The summed E-state index contributed by atoms with van der Waals surface area (Å²) in [5.74, 6) is 0.430. The second kappa shape index (κ2) is 4.89. The molecule has 0 aliphatic carbocycles. The Morgan fingerprint density at radius 2 is 2.11 bits per heavy atom. The molecule has 2 rings (SSSR count). The van der Waals surface area contributed by atoms with Crippen LogP contribution in [-0.2, 0) is 0 Å². The average Bonchev–Trinajstić information content (AvgIpc) is 2.74. The molecule has 0 aromatic carbocycles. The third-order valence-corrected chi connectivity index (χ3v) is 2.68. The maximum absolute atomic E-state index is 5.83. The largest absolute Gasteiger partial charge is 0.470 e. The van der Waals surface area contributed by atoms with Crippen LogP contribution in [0.4, 0.5) is 5.69 Å². The van der Waals surface area contributed by atoms with E-state index < -0.39 is 0 Å². The highest BCUT2D eigenvalue weighted by Gasteiger charge is 2.16. The van der Waals surface area contributed by atoms with E-state index in [-0.39, 0.29) is 5.60 Å². The Kier molecular flexibility index (Phi) is 3.47. The first-order valence-corrected chi connectivity index (χ1v) is 6.28. The summed E-state index contributed by atoms with van der Waals surface area (Å²) in [7, 11) is 0. The molecule has 0 amide bonds. The summed E-state index contributed by atoms with van der Waals surface area (Å²) in [5.41, 5.74) is 6.01. The van der Waals surface area contributed by atoms with E-state index in [1.54, 1.807) is 18.3 Å². The van der Waals surface area contributed by atoms with Crippen LogP contribution in [0, 0.1) is 0 Å². The Morgan fingerprint density at radius 3 is 2.72 bits per heavy atom. The molecule has 5 nitrogen and oxygen atoms in total. The average molecular weight is 265 g/mol. The molecule has 2 aromatic heterocycles. The zero-order valence-corrected chi connectivity index (χ0v) is 11.3. The molecule has 0 saturated carbocycles. The summed E-state index contributed by atoms with van der Waals surface area (Å²) in [6.07, 6.45) is 3.11. The van der Waals surface area contributed by atoms with E-state index in [9.17, 15) is 0 Å². The molecule has 18 heavy (non-hydrogen) atoms. The van der Waals surface area contributed by atoms with Crippen molar-refractivity contribution in [3.8, 4) is 5.88 Å². The zero-order valence-electron chi connectivity index (χ0n) is 10.5. The molecular formula is C12H15N3O2S. The molecule has 0 atom stereocenters. The first-order chi connectivity index (χ1) is 8.44. The van der Waals surface area contributed by atoms with Gasteiger partial charge in [0.05, 0.1) is 11.9 Å². The van der Waals surface area contributed by atoms with Gasteiger partial charge in [0, 0.05) is 0 Å². The second-order valence-corrected chi connectivity index (χ2v) is 5.63. The monoisotopic (exact) mass is 265 g/mol. The summed E-state index contributed by atoms with van der Waals surface area (Å²) in [6.45, 7) is 5.84. The van der Waals surface area contributed by atoms with Gasteiger partial charge in [-0.25, -0.2) is 9.97 Å². The number of rotatable bonds is 3. The first kappa shape index (κ1) is 12.8. The minimum absolute atomic E-state index is 0.340. The number of anilines is 1. The van der Waals surface area contributed by atoms with E-state index in [2.05, 4.69) is 9.97 Å². The lowest BCUT2D eigenvalue weighted by Crippen LogP contribution is -2.24. The number of aromatic nitrogens is 2. The quantitative estimate of drug-likeness (QED) is 0.919. The number of pyridine rings is 1. The topological polar surface area (TPSA) is 74.2 Å². The van der Waals surface area contributed by atoms with Gasteiger partial charge in [0.2, 0.25) is 5.88 Å². The van der Waals surface area contributed by atoms with Crippen LogP contribution in [0.25, 0.3) is 0 Å². The van der Waals surface area contributed by atoms with Crippen molar-refractivity contribution in [2.45, 2.75) is 36.6 Å². The van der Waals surface area contributed by atoms with E-state index in [4.69, 9.17) is 14.9 Å². The first-order valence-electron chi connectivity index (χ1n) is 5.47. The van der Waals surface area contributed by atoms with Gasteiger partial charge in [0.1, 0.15) is 16.9 Å². The normalized spacial score (nSPS) is 11.5. The molecule has 6 heteroatoms. The molecule has 96 valence electrons. The van der Waals surface area contributed by atoms with Crippen LogP contribution in [0.5, 0.6) is 5.88 Å². The summed E-state index contributed by atoms with van der Waals surface area (Å²) >= 11 is 1.32. The van der Waals surface area contributed by atoms with E-state index in [1.807, 2.05) is 20.8 Å². The maximum Gasteiger partial charge on any atom is 0.261 e. The van der Waals surface area contributed by atoms with Crippen molar-refractivity contribution in [2.75, 3.05) is 5.73 Å². The van der Waals surface area contributed by atoms with Gasteiger partial charge in [-0.05, 0) is 44.7 Å². The van der Waals surface area contributed by atoms with Crippen LogP contribution in [0.15, 0.2) is 39.3 Å². The van der Waals surface area contributed by atoms with Crippen molar-refractivity contribution in [1.29, 1.82) is 0 Å². The molecule has 2 aromatic rings. The Bertz CT molecular complexity index is 521. The van der Waals surface area contributed by atoms with Crippen molar-refractivity contribution < 1.29 is 9.15 Å². The number of nitrogens with zero attached hydrogens (tertiary/aromatic N) is 2. The highest BCUT2D eigenvalue weighted by atomic mass is 32.2. The van der Waals surface area contributed by atoms with Crippen molar-refractivity contribution in [1.82, 2.24) is 9.97 Å². The zero-order chi connectivity index (χ0) is 13.2. The number of nitrogens with two attached hydrogens (primary N) is 1. The molecular weight excluding hydrogens is 250 g/mol. The molecule has 0 aliphatic rings. The lowest BCUT2D eigenvalue weighted by atomic mass is 10.2. The van der Waals surface area contributed by atoms with E-state index in [0.717, 1.165) is 5.03 Å². The number of oxazole rings is 1. The predicted molar refractivity (Wildman–Crippen MR) is 69.7 cm³/mol. The van der Waals surface area contributed by atoms with Crippen LogP contribution in [0.3, 0.4) is 0 Å². The van der Waals surface area contributed by atoms with Gasteiger partial charge in [-0.2, -0.15) is 0 Å². The number of hydrogen-bond donors (Lipinski definition) is 1. The molecule has 0 unspecified atom stereocenters. The van der Waals surface area contributed by atoms with Gasteiger partial charge in [-0.15, -0.1) is 0 Å². The van der Waals surface area contributed by atoms with Crippen molar-refractivity contribution in [3.05, 3.63) is 24.6 Å². The van der Waals surface area contributed by atoms with Gasteiger partial charge in [0.25, 0.3) is 5.22 Å². The van der Waals surface area contributed by atoms with Crippen LogP contribution in [0.2, 0.25) is 0 Å². The van der Waals surface area contributed by atoms with Gasteiger partial charge in [-0.3, -0.25) is 0 Å². The molecule has 2 heterocycles. The van der Waals surface area contributed by atoms with Crippen molar-refractivity contribution in [3.63, 3.8) is 0 Å². The third-order valence-electron chi connectivity index (χ3n) is 1.87. The number of ether oxygens (including phenoxy) is 1. The SMILES string of the molecule is CC(C)(C)Oc1nc(Sc2ncco2)ccc1N. The molecule has 2 N–H and O–H groups in total. The molecule has 0 fully saturated rings. The lowest BCUT2D eigenvalue weighted by Gasteiger charge is -2.21. The van der Waals surface area contributed by atoms with E-state index in [1.165, 1.54) is 18.0 Å². The smallest absolute Gasteiger partial charge is 0.261 e. The Labute approximate surface area is 110 Å². The fourth-order valence-corrected chi connectivity index (χ4v) is 1.87. The van der Waals surface area contributed by atoms with Crippen molar-refractivity contribution >= 4 is 17.4 Å². The molecule has 0 aliphatic heterocycles. The van der Waals surface area contributed by atoms with Gasteiger partial charge in [-0.1, -0.05) is 0 Å². The summed E-state index contributed by atoms with van der Waals surface area (Å²) < 4.78 is 10.8. The number of nitrogen functional groups attached to an aromatic ring is 1. The Hall–Kier alpha value is -1.69. The van der Waals surface area contributed by atoms with Crippen LogP contribution >= 0.6 is 11.8 Å². The Morgan fingerprint density at radius 1 is 1.33 bits per heavy atom. The minimum Gasteiger partial charge on any atom is -0.470 e. The molecule has 0 radical (unpaired) electrons. The van der Waals surface area contributed by atoms with Crippen LogP contribution < -0.4 is 10.5 Å². The second-order valence-electron chi connectivity index (χ2n) is 4.66. The third kappa shape index (κ3) is 3.40. The molecule has 0 bridgehead atoms. The molecule has 0 spiro atoms. The molecule has 0 saturated heterocycles. The van der Waals surface area contributed by atoms with Gasteiger partial charge >= 0.3 is 0 Å². The van der Waals surface area contributed by atoms with Gasteiger partial charge < -0.3 is 14.9 Å². The van der Waals surface area contributed by atoms with E-state index >= 15 is 0 Å². The summed E-state index contributed by atoms with van der Waals surface area (Å²) in [6, 6.07) is 3.57. The van der Waals surface area contributed by atoms with Crippen LogP contribution in [-0.4, -0.2) is 15.6 Å². The standard InChI is InChI=1S/C12H15N3O2S/c1-12(2,3)17-10-8(13)4-5-9(15-10)18-11-14-6-7-16-11/h4-7H,13H2,1-3H3. The van der Waals surface area contributed by atoms with Crippen LogP contribution in [0.1, 0.15) is 20.8 Å². The highest BCUT2D eigenvalue weighted by Crippen LogP contribution is 2.30.